The first kappa shape index (κ1) is 11.3. The van der Waals surface area contributed by atoms with Crippen LogP contribution in [0, 0.1) is 0 Å². The molecular weight excluding hydrogens is 248 g/mol. The number of aromatic amines is 1. The first-order valence-electron chi connectivity index (χ1n) is 4.44. The van der Waals surface area contributed by atoms with Gasteiger partial charge >= 0.3 is 0 Å². The highest BCUT2D eigenvalue weighted by Gasteiger charge is 2.12. The average Bonchev–Trinajstić information content (AvgIpc) is 2.81. The van der Waals surface area contributed by atoms with E-state index in [1.807, 2.05) is 0 Å². The number of amides is 1. The summed E-state index contributed by atoms with van der Waals surface area (Å²) in [7, 11) is 1.43. The number of methoxy groups -OCH3 is 1. The number of halogens is 1. The van der Waals surface area contributed by atoms with Crippen LogP contribution >= 0.6 is 11.6 Å². The molecule has 17 heavy (non-hydrogen) atoms. The predicted molar refractivity (Wildman–Crippen MR) is 57.9 cm³/mol. The van der Waals surface area contributed by atoms with Crippen molar-refractivity contribution in [1.29, 1.82) is 0 Å². The zero-order valence-corrected chi connectivity index (χ0v) is 9.39. The maximum Gasteiger partial charge on any atom is 0.295 e. The van der Waals surface area contributed by atoms with Crippen LogP contribution in [0.1, 0.15) is 10.6 Å². The number of H-pyrrole nitrogens is 1. The van der Waals surface area contributed by atoms with Crippen LogP contribution in [0.25, 0.3) is 0 Å². The summed E-state index contributed by atoms with van der Waals surface area (Å²) in [6, 6.07) is 1.42. The van der Waals surface area contributed by atoms with Gasteiger partial charge in [0.2, 0.25) is 17.7 Å². The SMILES string of the molecule is COc1cc(Cl)nc(NC(=O)c2ncn[nH]2)n1. The van der Waals surface area contributed by atoms with E-state index in [4.69, 9.17) is 16.3 Å². The van der Waals surface area contributed by atoms with Gasteiger partial charge in [-0.3, -0.25) is 15.2 Å². The van der Waals surface area contributed by atoms with Gasteiger partial charge in [0.1, 0.15) is 11.5 Å². The van der Waals surface area contributed by atoms with Gasteiger partial charge in [-0.2, -0.15) is 10.1 Å². The van der Waals surface area contributed by atoms with E-state index >= 15 is 0 Å². The van der Waals surface area contributed by atoms with E-state index in [1.54, 1.807) is 0 Å². The molecule has 0 saturated heterocycles. The molecule has 0 spiro atoms. The van der Waals surface area contributed by atoms with E-state index in [-0.39, 0.29) is 22.8 Å². The van der Waals surface area contributed by atoms with Crippen LogP contribution in [0.2, 0.25) is 5.15 Å². The second-order valence-electron chi connectivity index (χ2n) is 2.84. The summed E-state index contributed by atoms with van der Waals surface area (Å²) >= 11 is 5.72. The second kappa shape index (κ2) is 4.74. The summed E-state index contributed by atoms with van der Waals surface area (Å²) in [5.74, 6) is -0.201. The van der Waals surface area contributed by atoms with Gasteiger partial charge in [-0.15, -0.1) is 0 Å². The highest BCUT2D eigenvalue weighted by Crippen LogP contribution is 2.15. The Morgan fingerprint density at radius 2 is 2.35 bits per heavy atom. The molecular formula is C8H7ClN6O2. The molecule has 2 aromatic heterocycles. The lowest BCUT2D eigenvalue weighted by Crippen LogP contribution is -2.16. The van der Waals surface area contributed by atoms with Crippen molar-refractivity contribution >= 4 is 23.5 Å². The molecule has 0 bridgehead atoms. The maximum atomic E-state index is 11.6. The zero-order valence-electron chi connectivity index (χ0n) is 8.64. The van der Waals surface area contributed by atoms with Crippen LogP contribution in [0.3, 0.4) is 0 Å². The lowest BCUT2D eigenvalue weighted by Gasteiger charge is -2.04. The molecule has 2 aromatic rings. The molecule has 0 fully saturated rings. The van der Waals surface area contributed by atoms with E-state index in [0.717, 1.165) is 0 Å². The number of ether oxygens (including phenoxy) is 1. The molecule has 0 atom stereocenters. The van der Waals surface area contributed by atoms with Crippen LogP contribution in [-0.4, -0.2) is 38.2 Å². The third kappa shape index (κ3) is 2.67. The Labute approximate surface area is 100 Å². The summed E-state index contributed by atoms with van der Waals surface area (Å²) < 4.78 is 4.89. The summed E-state index contributed by atoms with van der Waals surface area (Å²) in [4.78, 5) is 23.0. The van der Waals surface area contributed by atoms with Gasteiger partial charge in [0, 0.05) is 6.07 Å². The molecule has 0 aliphatic heterocycles. The van der Waals surface area contributed by atoms with E-state index in [0.29, 0.717) is 0 Å². The Kier molecular flexibility index (Phi) is 3.15. The van der Waals surface area contributed by atoms with E-state index in [1.165, 1.54) is 19.5 Å². The lowest BCUT2D eigenvalue weighted by molar-refractivity contribution is 0.101. The van der Waals surface area contributed by atoms with Gasteiger partial charge in [-0.1, -0.05) is 11.6 Å². The summed E-state index contributed by atoms with van der Waals surface area (Å²) in [6.07, 6.45) is 1.22. The molecule has 2 heterocycles. The van der Waals surface area contributed by atoms with E-state index < -0.39 is 5.91 Å². The first-order chi connectivity index (χ1) is 8.19. The molecule has 0 aliphatic rings. The number of anilines is 1. The maximum absolute atomic E-state index is 11.6. The van der Waals surface area contributed by atoms with Crippen molar-refractivity contribution in [2.24, 2.45) is 0 Å². The number of rotatable bonds is 3. The average molecular weight is 255 g/mol. The molecule has 2 rings (SSSR count). The fraction of sp³-hybridized carbons (Fsp3) is 0.125. The quantitative estimate of drug-likeness (QED) is 0.773. The van der Waals surface area contributed by atoms with Crippen LogP contribution in [-0.2, 0) is 0 Å². The van der Waals surface area contributed by atoms with Crippen LogP contribution in [0.15, 0.2) is 12.4 Å². The minimum absolute atomic E-state index is 0.0238. The lowest BCUT2D eigenvalue weighted by atomic mass is 10.5. The van der Waals surface area contributed by atoms with Crippen molar-refractivity contribution in [2.75, 3.05) is 12.4 Å². The fourth-order valence-corrected chi connectivity index (χ4v) is 1.21. The third-order valence-corrected chi connectivity index (χ3v) is 1.93. The highest BCUT2D eigenvalue weighted by molar-refractivity contribution is 6.29. The van der Waals surface area contributed by atoms with Crippen molar-refractivity contribution in [2.45, 2.75) is 0 Å². The number of aromatic nitrogens is 5. The Morgan fingerprint density at radius 1 is 1.53 bits per heavy atom. The van der Waals surface area contributed by atoms with Crippen LogP contribution in [0.5, 0.6) is 5.88 Å². The van der Waals surface area contributed by atoms with Gasteiger partial charge < -0.3 is 4.74 Å². The van der Waals surface area contributed by atoms with Gasteiger partial charge in [0.05, 0.1) is 7.11 Å². The van der Waals surface area contributed by atoms with Crippen molar-refractivity contribution in [3.05, 3.63) is 23.4 Å². The van der Waals surface area contributed by atoms with Gasteiger partial charge in [-0.05, 0) is 0 Å². The zero-order chi connectivity index (χ0) is 12.3. The summed E-state index contributed by atoms with van der Waals surface area (Å²) in [5, 5.41) is 8.51. The molecule has 9 heteroatoms. The normalized spacial score (nSPS) is 10.0. The molecule has 0 aliphatic carbocycles. The fourth-order valence-electron chi connectivity index (χ4n) is 1.03. The molecule has 88 valence electrons. The first-order valence-corrected chi connectivity index (χ1v) is 4.82. The molecule has 2 N–H and O–H groups in total. The van der Waals surface area contributed by atoms with Crippen molar-refractivity contribution < 1.29 is 9.53 Å². The van der Waals surface area contributed by atoms with Crippen LogP contribution < -0.4 is 10.1 Å². The molecule has 1 amide bonds. The Bertz CT molecular complexity index is 529. The molecule has 0 radical (unpaired) electrons. The topological polar surface area (TPSA) is 106 Å². The smallest absolute Gasteiger partial charge is 0.295 e. The number of hydrogen-bond donors (Lipinski definition) is 2. The molecule has 0 unspecified atom stereocenters. The highest BCUT2D eigenvalue weighted by atomic mass is 35.5. The summed E-state index contributed by atoms with van der Waals surface area (Å²) in [6.45, 7) is 0. The predicted octanol–water partition coefficient (Wildman–Crippen LogP) is 0.509. The Hall–Kier alpha value is -2.22. The van der Waals surface area contributed by atoms with Crippen LogP contribution in [0.4, 0.5) is 5.95 Å². The van der Waals surface area contributed by atoms with Gasteiger partial charge in [0.15, 0.2) is 0 Å². The van der Waals surface area contributed by atoms with Crippen molar-refractivity contribution in [3.8, 4) is 5.88 Å². The van der Waals surface area contributed by atoms with Gasteiger partial charge in [0.25, 0.3) is 5.91 Å². The van der Waals surface area contributed by atoms with Crippen molar-refractivity contribution in [3.63, 3.8) is 0 Å². The Balaban J connectivity index is 2.18. The second-order valence-corrected chi connectivity index (χ2v) is 3.23. The number of nitrogens with one attached hydrogen (secondary N) is 2. The molecule has 0 aromatic carbocycles. The number of hydrogen-bond acceptors (Lipinski definition) is 6. The summed E-state index contributed by atoms with van der Waals surface area (Å²) in [5.41, 5.74) is 0. The molecule has 8 nitrogen and oxygen atoms in total. The number of nitrogens with zero attached hydrogens (tertiary/aromatic N) is 4. The standard InChI is InChI=1S/C8H7ClN6O2/c1-17-5-2-4(9)12-8(13-5)14-7(16)6-10-3-11-15-6/h2-3H,1H3,(H,10,11,15)(H,12,13,14,16). The van der Waals surface area contributed by atoms with Crippen molar-refractivity contribution in [1.82, 2.24) is 25.1 Å². The van der Waals surface area contributed by atoms with E-state index in [9.17, 15) is 4.79 Å². The number of carbonyl (C=O) groups excluding carboxylic acids is 1. The monoisotopic (exact) mass is 254 g/mol. The Morgan fingerprint density at radius 3 is 3.00 bits per heavy atom. The minimum Gasteiger partial charge on any atom is -0.481 e. The third-order valence-electron chi connectivity index (χ3n) is 1.74. The number of carbonyl (C=O) groups is 1. The minimum atomic E-state index is -0.521. The largest absolute Gasteiger partial charge is 0.481 e. The van der Waals surface area contributed by atoms with E-state index in [2.05, 4.69) is 30.5 Å². The van der Waals surface area contributed by atoms with Gasteiger partial charge in [-0.25, -0.2) is 9.97 Å². The molecule has 0 saturated carbocycles.